The number of benzene rings is 2. The first-order chi connectivity index (χ1) is 13.5. The van der Waals surface area contributed by atoms with E-state index in [1.54, 1.807) is 18.9 Å². The van der Waals surface area contributed by atoms with Gasteiger partial charge in [-0.25, -0.2) is 0 Å². The lowest BCUT2D eigenvalue weighted by Crippen LogP contribution is -2.45. The minimum absolute atomic E-state index is 0.0516. The molecular weight excluding hydrogens is 376 g/mol. The molecule has 144 valence electrons. The van der Waals surface area contributed by atoms with Crippen molar-refractivity contribution in [3.05, 3.63) is 58.1 Å². The van der Waals surface area contributed by atoms with Gasteiger partial charge in [-0.05, 0) is 42.7 Å². The van der Waals surface area contributed by atoms with Gasteiger partial charge in [-0.15, -0.1) is 0 Å². The highest BCUT2D eigenvalue weighted by molar-refractivity contribution is 7.99. The molecule has 3 atom stereocenters. The third kappa shape index (κ3) is 2.32. The summed E-state index contributed by atoms with van der Waals surface area (Å²) in [5.41, 5.74) is 1.49. The summed E-state index contributed by atoms with van der Waals surface area (Å²) in [5, 5.41) is 11.3. The first-order valence-corrected chi connectivity index (χ1v) is 10.3. The van der Waals surface area contributed by atoms with E-state index in [0.717, 1.165) is 39.6 Å². The highest BCUT2D eigenvalue weighted by atomic mass is 32.2. The molecule has 0 bridgehead atoms. The van der Waals surface area contributed by atoms with E-state index in [0.29, 0.717) is 6.42 Å². The Labute approximate surface area is 167 Å². The van der Waals surface area contributed by atoms with Crippen LogP contribution in [0.5, 0.6) is 5.75 Å². The van der Waals surface area contributed by atoms with E-state index < -0.39 is 5.54 Å². The number of nitro groups is 1. The second kappa shape index (κ2) is 6.24. The fourth-order valence-corrected chi connectivity index (χ4v) is 6.61. The number of ether oxygens (including phenoxy) is 1. The smallest absolute Gasteiger partial charge is 0.228 e. The molecule has 0 radical (unpaired) electrons. The Morgan fingerprint density at radius 3 is 2.89 bits per heavy atom. The number of carbonyl (C=O) groups is 1. The van der Waals surface area contributed by atoms with Crippen LogP contribution in [0.1, 0.15) is 24.8 Å². The Balaban J connectivity index is 1.76. The zero-order valence-electron chi connectivity index (χ0n) is 15.5. The summed E-state index contributed by atoms with van der Waals surface area (Å²) in [6, 6.07) is 14.0. The van der Waals surface area contributed by atoms with Gasteiger partial charge in [-0.2, -0.15) is 0 Å². The summed E-state index contributed by atoms with van der Waals surface area (Å²) < 4.78 is 5.44. The lowest BCUT2D eigenvalue weighted by Gasteiger charge is -2.39. The van der Waals surface area contributed by atoms with Crippen LogP contribution in [0.3, 0.4) is 0 Å². The number of nitrogens with zero attached hydrogens (tertiary/aromatic N) is 2. The van der Waals surface area contributed by atoms with E-state index in [1.165, 1.54) is 0 Å². The van der Waals surface area contributed by atoms with E-state index in [4.69, 9.17) is 4.74 Å². The van der Waals surface area contributed by atoms with Gasteiger partial charge < -0.3 is 9.64 Å². The maximum absolute atomic E-state index is 13.2. The van der Waals surface area contributed by atoms with Gasteiger partial charge in [0.25, 0.3) is 0 Å². The molecule has 5 rings (SSSR count). The van der Waals surface area contributed by atoms with Crippen molar-refractivity contribution in [3.8, 4) is 5.75 Å². The number of para-hydroxylation sites is 1. The Morgan fingerprint density at radius 2 is 2.11 bits per heavy atom. The van der Waals surface area contributed by atoms with Crippen molar-refractivity contribution in [2.24, 2.45) is 11.8 Å². The largest absolute Gasteiger partial charge is 0.497 e. The Bertz CT molecular complexity index is 994. The average Bonchev–Trinajstić information content (AvgIpc) is 3.11. The minimum Gasteiger partial charge on any atom is -0.497 e. The molecule has 1 saturated carbocycles. The van der Waals surface area contributed by atoms with E-state index in [9.17, 15) is 14.9 Å². The first kappa shape index (κ1) is 17.6. The molecule has 2 heterocycles. The zero-order chi connectivity index (χ0) is 19.5. The molecule has 7 heteroatoms. The number of fused-ring (bicyclic) bond motifs is 3. The molecule has 1 amide bonds. The quantitative estimate of drug-likeness (QED) is 0.577. The predicted octanol–water partition coefficient (Wildman–Crippen LogP) is 4.09. The Kier molecular flexibility index (Phi) is 3.91. The molecule has 2 fully saturated rings. The third-order valence-electron chi connectivity index (χ3n) is 6.49. The van der Waals surface area contributed by atoms with E-state index in [2.05, 4.69) is 6.07 Å². The first-order valence-electron chi connectivity index (χ1n) is 9.45. The van der Waals surface area contributed by atoms with Gasteiger partial charge in [-0.3, -0.25) is 14.9 Å². The van der Waals surface area contributed by atoms with Crippen LogP contribution < -0.4 is 9.64 Å². The molecule has 2 aromatic rings. The monoisotopic (exact) mass is 396 g/mol. The van der Waals surface area contributed by atoms with Crippen LogP contribution >= 0.6 is 11.8 Å². The SMILES string of the molecule is COc1ccc2c(c1)Sc1ccccc1N1C(=O)C[C@H]3[C@H](C[N+](=O)[O-])CC[C@]231. The molecule has 2 aliphatic heterocycles. The number of carbonyl (C=O) groups excluding carboxylic acids is 1. The van der Waals surface area contributed by atoms with E-state index in [1.807, 2.05) is 41.3 Å². The van der Waals surface area contributed by atoms with Gasteiger partial charge in [0, 0.05) is 33.0 Å². The lowest BCUT2D eigenvalue weighted by molar-refractivity contribution is -0.489. The van der Waals surface area contributed by atoms with Gasteiger partial charge in [0.05, 0.1) is 18.3 Å². The van der Waals surface area contributed by atoms with Gasteiger partial charge in [0.15, 0.2) is 0 Å². The van der Waals surface area contributed by atoms with E-state index >= 15 is 0 Å². The van der Waals surface area contributed by atoms with Crippen molar-refractivity contribution in [1.82, 2.24) is 0 Å². The van der Waals surface area contributed by atoms with Crippen LogP contribution in [0, 0.1) is 22.0 Å². The van der Waals surface area contributed by atoms with Crippen LogP contribution in [0.25, 0.3) is 0 Å². The summed E-state index contributed by atoms with van der Waals surface area (Å²) in [6.45, 7) is -0.0756. The summed E-state index contributed by atoms with van der Waals surface area (Å²) >= 11 is 1.64. The second-order valence-corrected chi connectivity index (χ2v) is 8.79. The molecule has 1 spiro atoms. The van der Waals surface area contributed by atoms with Crippen LogP contribution in [0.4, 0.5) is 5.69 Å². The number of methoxy groups -OCH3 is 1. The van der Waals surface area contributed by atoms with Crippen LogP contribution in [-0.2, 0) is 10.3 Å². The van der Waals surface area contributed by atoms with Crippen molar-refractivity contribution in [1.29, 1.82) is 0 Å². The molecule has 3 aliphatic rings. The molecule has 1 saturated heterocycles. The molecule has 0 aromatic heterocycles. The molecule has 28 heavy (non-hydrogen) atoms. The van der Waals surface area contributed by atoms with Gasteiger partial charge >= 0.3 is 0 Å². The molecule has 0 N–H and O–H groups in total. The van der Waals surface area contributed by atoms with Crippen molar-refractivity contribution >= 4 is 23.4 Å². The van der Waals surface area contributed by atoms with Crippen LogP contribution in [-0.4, -0.2) is 24.5 Å². The van der Waals surface area contributed by atoms with Crippen molar-refractivity contribution < 1.29 is 14.5 Å². The normalized spacial score (nSPS) is 27.5. The molecule has 6 nitrogen and oxygen atoms in total. The van der Waals surface area contributed by atoms with Crippen LogP contribution in [0.2, 0.25) is 0 Å². The average molecular weight is 396 g/mol. The standard InChI is InChI=1S/C21H20N2O4S/c1-27-14-6-7-15-19(10-14)28-18-5-3-2-4-17(18)23-20(24)11-16-13(12-22(25)26)8-9-21(15,16)23/h2-7,10,13,16H,8-9,11-12H2,1H3/t13-,16-,21-/m0/s1. The molecule has 2 aromatic carbocycles. The number of hydrogen-bond acceptors (Lipinski definition) is 5. The summed E-state index contributed by atoms with van der Waals surface area (Å²) in [7, 11) is 1.65. The van der Waals surface area contributed by atoms with Crippen molar-refractivity contribution in [3.63, 3.8) is 0 Å². The third-order valence-corrected chi connectivity index (χ3v) is 7.61. The summed E-state index contributed by atoms with van der Waals surface area (Å²) in [6.07, 6.45) is 1.87. The predicted molar refractivity (Wildman–Crippen MR) is 105 cm³/mol. The topological polar surface area (TPSA) is 72.7 Å². The van der Waals surface area contributed by atoms with Crippen molar-refractivity contribution in [2.75, 3.05) is 18.6 Å². The highest BCUT2D eigenvalue weighted by Crippen LogP contribution is 2.62. The number of hydrogen-bond donors (Lipinski definition) is 0. The number of rotatable bonds is 3. The zero-order valence-corrected chi connectivity index (χ0v) is 16.3. The molecule has 1 aliphatic carbocycles. The molecular formula is C21H20N2O4S. The van der Waals surface area contributed by atoms with Gasteiger partial charge in [0.1, 0.15) is 5.75 Å². The highest BCUT2D eigenvalue weighted by Gasteiger charge is 2.62. The Hall–Kier alpha value is -2.54. The van der Waals surface area contributed by atoms with E-state index in [-0.39, 0.29) is 29.2 Å². The second-order valence-electron chi connectivity index (χ2n) is 7.71. The maximum Gasteiger partial charge on any atom is 0.228 e. The van der Waals surface area contributed by atoms with Crippen LogP contribution in [0.15, 0.2) is 52.3 Å². The summed E-state index contributed by atoms with van der Waals surface area (Å²) in [4.78, 5) is 28.3. The summed E-state index contributed by atoms with van der Waals surface area (Å²) in [5.74, 6) is 0.697. The maximum atomic E-state index is 13.2. The fraction of sp³-hybridized carbons (Fsp3) is 0.381. The number of amides is 1. The fourth-order valence-electron chi connectivity index (χ4n) is 5.43. The lowest BCUT2D eigenvalue weighted by atomic mass is 9.78. The Morgan fingerprint density at radius 1 is 1.29 bits per heavy atom. The minimum atomic E-state index is -0.515. The van der Waals surface area contributed by atoms with Crippen molar-refractivity contribution in [2.45, 2.75) is 34.6 Å². The van der Waals surface area contributed by atoms with Gasteiger partial charge in [-0.1, -0.05) is 30.0 Å². The molecule has 0 unspecified atom stereocenters. The van der Waals surface area contributed by atoms with Gasteiger partial charge in [0.2, 0.25) is 12.5 Å². The number of anilines is 1.